The summed E-state index contributed by atoms with van der Waals surface area (Å²) >= 11 is 0. The van der Waals surface area contributed by atoms with Gasteiger partial charge in [0.2, 0.25) is 0 Å². The number of rotatable bonds is 4. The topological polar surface area (TPSA) is 38.5 Å². The molecule has 3 heteroatoms. The van der Waals surface area contributed by atoms with Gasteiger partial charge in [-0.05, 0) is 56.5 Å². The molecule has 2 N–H and O–H groups in total. The number of likely N-dealkylation sites (tertiary alicyclic amines) is 1. The summed E-state index contributed by atoms with van der Waals surface area (Å²) in [6.45, 7) is 6.68. The smallest absolute Gasteiger partial charge is 0.0502 e. The third kappa shape index (κ3) is 3.46. The van der Waals surface area contributed by atoms with Gasteiger partial charge in [-0.1, -0.05) is 13.3 Å². The fraction of sp³-hybridized carbons (Fsp3) is 1.00. The van der Waals surface area contributed by atoms with Crippen molar-refractivity contribution in [2.24, 2.45) is 23.5 Å². The summed E-state index contributed by atoms with van der Waals surface area (Å²) in [5, 5.41) is 0. The first-order valence-electron chi connectivity index (χ1n) is 7.67. The third-order valence-corrected chi connectivity index (χ3v) is 4.94. The Balaban J connectivity index is 1.94. The Labute approximate surface area is 112 Å². The highest BCUT2D eigenvalue weighted by Crippen LogP contribution is 2.33. The number of methoxy groups -OCH3 is 1. The summed E-state index contributed by atoms with van der Waals surface area (Å²) in [5.74, 6) is 2.34. The van der Waals surface area contributed by atoms with Gasteiger partial charge in [-0.15, -0.1) is 0 Å². The molecule has 0 amide bonds. The molecule has 1 saturated heterocycles. The highest BCUT2D eigenvalue weighted by atomic mass is 16.5. The molecule has 1 aliphatic heterocycles. The minimum atomic E-state index is 0.725. The Bertz CT molecular complexity index is 245. The van der Waals surface area contributed by atoms with Gasteiger partial charge in [-0.3, -0.25) is 4.90 Å². The minimum absolute atomic E-state index is 0.725. The summed E-state index contributed by atoms with van der Waals surface area (Å²) in [4.78, 5) is 2.72. The van der Waals surface area contributed by atoms with Crippen LogP contribution in [0.2, 0.25) is 0 Å². The molecule has 18 heavy (non-hydrogen) atoms. The Hall–Kier alpha value is -0.120. The first kappa shape index (κ1) is 14.3. The van der Waals surface area contributed by atoms with Crippen LogP contribution in [-0.2, 0) is 4.74 Å². The van der Waals surface area contributed by atoms with Gasteiger partial charge < -0.3 is 10.5 Å². The van der Waals surface area contributed by atoms with E-state index in [0.717, 1.165) is 36.9 Å². The maximum atomic E-state index is 5.99. The molecule has 0 aromatic rings. The lowest BCUT2D eigenvalue weighted by Gasteiger charge is -2.45. The van der Waals surface area contributed by atoms with E-state index in [2.05, 4.69) is 11.8 Å². The van der Waals surface area contributed by atoms with E-state index in [1.54, 1.807) is 0 Å². The summed E-state index contributed by atoms with van der Waals surface area (Å²) in [5.41, 5.74) is 5.99. The van der Waals surface area contributed by atoms with E-state index in [9.17, 15) is 0 Å². The van der Waals surface area contributed by atoms with Gasteiger partial charge >= 0.3 is 0 Å². The van der Waals surface area contributed by atoms with E-state index in [-0.39, 0.29) is 0 Å². The average Bonchev–Trinajstić information content (AvgIpc) is 2.39. The predicted molar refractivity (Wildman–Crippen MR) is 75.5 cm³/mol. The molecule has 3 nitrogen and oxygen atoms in total. The van der Waals surface area contributed by atoms with Gasteiger partial charge in [0, 0.05) is 19.7 Å². The summed E-state index contributed by atoms with van der Waals surface area (Å²) in [6.07, 6.45) is 6.71. The Morgan fingerprint density at radius 2 is 2.11 bits per heavy atom. The second-order valence-electron chi connectivity index (χ2n) is 6.44. The summed E-state index contributed by atoms with van der Waals surface area (Å²) in [7, 11) is 1.82. The molecule has 0 spiro atoms. The Morgan fingerprint density at radius 3 is 2.83 bits per heavy atom. The van der Waals surface area contributed by atoms with E-state index in [1.807, 2.05) is 7.11 Å². The van der Waals surface area contributed by atoms with Gasteiger partial charge in [-0.2, -0.15) is 0 Å². The van der Waals surface area contributed by atoms with Crippen LogP contribution in [0.15, 0.2) is 0 Å². The molecule has 0 aromatic carbocycles. The van der Waals surface area contributed by atoms with Crippen LogP contribution in [0.4, 0.5) is 0 Å². The normalized spacial score (nSPS) is 38.8. The molecule has 1 aliphatic carbocycles. The molecule has 4 atom stereocenters. The first-order chi connectivity index (χ1) is 8.74. The zero-order valence-electron chi connectivity index (χ0n) is 12.1. The van der Waals surface area contributed by atoms with Crippen LogP contribution in [0.3, 0.4) is 0 Å². The Morgan fingerprint density at radius 1 is 1.28 bits per heavy atom. The van der Waals surface area contributed by atoms with Crippen molar-refractivity contribution in [2.45, 2.75) is 45.1 Å². The maximum absolute atomic E-state index is 5.99. The number of hydrogen-bond donors (Lipinski definition) is 1. The fourth-order valence-electron chi connectivity index (χ4n) is 3.91. The maximum Gasteiger partial charge on any atom is 0.0502 e. The van der Waals surface area contributed by atoms with Crippen LogP contribution >= 0.6 is 0 Å². The second-order valence-corrected chi connectivity index (χ2v) is 6.44. The predicted octanol–water partition coefficient (Wildman–Crippen LogP) is 2.11. The zero-order valence-corrected chi connectivity index (χ0v) is 12.1. The molecule has 2 rings (SSSR count). The van der Waals surface area contributed by atoms with E-state index < -0.39 is 0 Å². The van der Waals surface area contributed by atoms with Crippen LogP contribution in [0.5, 0.6) is 0 Å². The van der Waals surface area contributed by atoms with Crippen molar-refractivity contribution in [2.75, 3.05) is 33.4 Å². The molecular formula is C15H30N2O. The molecule has 106 valence electrons. The van der Waals surface area contributed by atoms with Crippen LogP contribution in [0, 0.1) is 17.8 Å². The second kappa shape index (κ2) is 6.88. The van der Waals surface area contributed by atoms with Gasteiger partial charge in [0.15, 0.2) is 0 Å². The van der Waals surface area contributed by atoms with E-state index in [0.29, 0.717) is 0 Å². The third-order valence-electron chi connectivity index (χ3n) is 4.94. The van der Waals surface area contributed by atoms with Gasteiger partial charge in [0.05, 0.1) is 6.61 Å². The quantitative estimate of drug-likeness (QED) is 0.835. The minimum Gasteiger partial charge on any atom is -0.384 e. The van der Waals surface area contributed by atoms with E-state index in [1.165, 1.54) is 45.2 Å². The number of ether oxygens (including phenoxy) is 1. The van der Waals surface area contributed by atoms with Gasteiger partial charge in [-0.25, -0.2) is 0 Å². The number of nitrogens with zero attached hydrogens (tertiary/aromatic N) is 1. The summed E-state index contributed by atoms with van der Waals surface area (Å²) < 4.78 is 5.34. The lowest BCUT2D eigenvalue weighted by Crippen LogP contribution is -2.50. The van der Waals surface area contributed by atoms with Crippen LogP contribution in [0.25, 0.3) is 0 Å². The standard InChI is InChI=1S/C15H30N2O/c1-12-5-6-14(9-16)15(8-12)17-7-3-4-13(10-17)11-18-2/h12-15H,3-11,16H2,1-2H3. The fourth-order valence-corrected chi connectivity index (χ4v) is 3.91. The van der Waals surface area contributed by atoms with Crippen molar-refractivity contribution in [3.63, 3.8) is 0 Å². The Kier molecular flexibility index (Phi) is 5.46. The zero-order chi connectivity index (χ0) is 13.0. The molecular weight excluding hydrogens is 224 g/mol. The molecule has 2 fully saturated rings. The number of hydrogen-bond acceptors (Lipinski definition) is 3. The molecule has 1 heterocycles. The first-order valence-corrected chi connectivity index (χ1v) is 7.67. The van der Waals surface area contributed by atoms with Crippen molar-refractivity contribution < 1.29 is 4.74 Å². The van der Waals surface area contributed by atoms with Crippen LogP contribution in [0.1, 0.15) is 39.0 Å². The van der Waals surface area contributed by atoms with Crippen LogP contribution in [-0.4, -0.2) is 44.3 Å². The van der Waals surface area contributed by atoms with Crippen molar-refractivity contribution in [3.8, 4) is 0 Å². The van der Waals surface area contributed by atoms with Crippen molar-refractivity contribution in [1.82, 2.24) is 4.90 Å². The van der Waals surface area contributed by atoms with Crippen LogP contribution < -0.4 is 5.73 Å². The molecule has 2 aliphatic rings. The lowest BCUT2D eigenvalue weighted by atomic mass is 9.77. The number of nitrogens with two attached hydrogens (primary N) is 1. The molecule has 0 bridgehead atoms. The van der Waals surface area contributed by atoms with Gasteiger partial charge in [0.25, 0.3) is 0 Å². The van der Waals surface area contributed by atoms with E-state index in [4.69, 9.17) is 10.5 Å². The molecule has 0 aromatic heterocycles. The monoisotopic (exact) mass is 254 g/mol. The lowest BCUT2D eigenvalue weighted by molar-refractivity contribution is 0.0270. The number of piperidine rings is 1. The summed E-state index contributed by atoms with van der Waals surface area (Å²) in [6, 6.07) is 0.735. The van der Waals surface area contributed by atoms with Crippen molar-refractivity contribution >= 4 is 0 Å². The largest absolute Gasteiger partial charge is 0.384 e. The van der Waals surface area contributed by atoms with Crippen molar-refractivity contribution in [3.05, 3.63) is 0 Å². The highest BCUT2D eigenvalue weighted by Gasteiger charge is 2.34. The van der Waals surface area contributed by atoms with Gasteiger partial charge in [0.1, 0.15) is 0 Å². The SMILES string of the molecule is COCC1CCCN(C2CC(C)CCC2CN)C1. The molecule has 4 unspecified atom stereocenters. The van der Waals surface area contributed by atoms with Crippen molar-refractivity contribution in [1.29, 1.82) is 0 Å². The van der Waals surface area contributed by atoms with E-state index >= 15 is 0 Å². The molecule has 0 radical (unpaired) electrons. The molecule has 1 saturated carbocycles. The average molecular weight is 254 g/mol. The highest BCUT2D eigenvalue weighted by molar-refractivity contribution is 4.88.